The largest absolute Gasteiger partial charge is 0.391 e. The summed E-state index contributed by atoms with van der Waals surface area (Å²) < 4.78 is 36.3. The lowest BCUT2D eigenvalue weighted by Gasteiger charge is -2.21. The van der Waals surface area contributed by atoms with Crippen LogP contribution < -0.4 is 0 Å². The Kier molecular flexibility index (Phi) is 2.45. The van der Waals surface area contributed by atoms with E-state index < -0.39 is 12.1 Å². The first-order valence-corrected chi connectivity index (χ1v) is 4.08. The molecule has 0 N–H and O–H groups in total. The first-order valence-electron chi connectivity index (χ1n) is 4.08. The van der Waals surface area contributed by atoms with Crippen LogP contribution in [0.15, 0.2) is 0 Å². The van der Waals surface area contributed by atoms with Crippen LogP contribution in [-0.4, -0.2) is 6.18 Å². The van der Waals surface area contributed by atoms with Crippen molar-refractivity contribution in [2.24, 2.45) is 11.8 Å². The molecular formula is C8H13F3. The third-order valence-electron chi connectivity index (χ3n) is 2.62. The molecule has 1 fully saturated rings. The fraction of sp³-hybridized carbons (Fsp3) is 1.00. The Morgan fingerprint density at radius 2 is 1.64 bits per heavy atom. The Hall–Kier alpha value is -0.210. The van der Waals surface area contributed by atoms with Crippen LogP contribution in [0.25, 0.3) is 0 Å². The second kappa shape index (κ2) is 3.03. The quantitative estimate of drug-likeness (QED) is 0.560. The van der Waals surface area contributed by atoms with Crippen LogP contribution in [0.5, 0.6) is 0 Å². The molecule has 1 unspecified atom stereocenters. The van der Waals surface area contributed by atoms with Crippen LogP contribution in [0.3, 0.4) is 0 Å². The van der Waals surface area contributed by atoms with Gasteiger partial charge in [0.1, 0.15) is 0 Å². The maximum absolute atomic E-state index is 12.1. The Bertz CT molecular complexity index is 122. The molecule has 0 nitrogen and oxygen atoms in total. The fourth-order valence-corrected chi connectivity index (χ4v) is 1.72. The molecule has 3 heteroatoms. The molecule has 0 aromatic rings. The molecule has 0 heterocycles. The Labute approximate surface area is 64.8 Å². The summed E-state index contributed by atoms with van der Waals surface area (Å²) in [7, 11) is 0. The molecule has 11 heavy (non-hydrogen) atoms. The third-order valence-corrected chi connectivity index (χ3v) is 2.62. The topological polar surface area (TPSA) is 0 Å². The molecule has 0 spiro atoms. The number of hydrogen-bond acceptors (Lipinski definition) is 0. The molecule has 1 saturated carbocycles. The van der Waals surface area contributed by atoms with Gasteiger partial charge in [-0.2, -0.15) is 13.2 Å². The second-order valence-corrected chi connectivity index (χ2v) is 3.37. The van der Waals surface area contributed by atoms with Gasteiger partial charge in [-0.05, 0) is 18.8 Å². The van der Waals surface area contributed by atoms with Crippen molar-refractivity contribution in [3.05, 3.63) is 0 Å². The molecule has 0 aliphatic heterocycles. The number of hydrogen-bond donors (Lipinski definition) is 0. The van der Waals surface area contributed by atoms with Crippen molar-refractivity contribution in [2.75, 3.05) is 0 Å². The van der Waals surface area contributed by atoms with Crippen LogP contribution in [0.1, 0.15) is 32.6 Å². The van der Waals surface area contributed by atoms with E-state index >= 15 is 0 Å². The molecule has 0 bridgehead atoms. The maximum atomic E-state index is 12.1. The number of rotatable bonds is 1. The summed E-state index contributed by atoms with van der Waals surface area (Å²) in [5, 5.41) is 0. The summed E-state index contributed by atoms with van der Waals surface area (Å²) in [6.07, 6.45) is -0.494. The molecule has 66 valence electrons. The average Bonchev–Trinajstić information content (AvgIpc) is 2.34. The highest BCUT2D eigenvalue weighted by molar-refractivity contribution is 4.76. The molecule has 0 radical (unpaired) electrons. The van der Waals surface area contributed by atoms with Gasteiger partial charge >= 0.3 is 6.18 Å². The van der Waals surface area contributed by atoms with E-state index in [0.29, 0.717) is 0 Å². The van der Waals surface area contributed by atoms with Crippen molar-refractivity contribution in [3.8, 4) is 0 Å². The van der Waals surface area contributed by atoms with E-state index in [1.54, 1.807) is 0 Å². The first-order chi connectivity index (χ1) is 5.02. The zero-order valence-electron chi connectivity index (χ0n) is 6.62. The van der Waals surface area contributed by atoms with Crippen molar-refractivity contribution < 1.29 is 13.2 Å². The van der Waals surface area contributed by atoms with Gasteiger partial charge in [0.2, 0.25) is 0 Å². The van der Waals surface area contributed by atoms with Gasteiger partial charge in [-0.15, -0.1) is 0 Å². The number of alkyl halides is 3. The highest BCUT2D eigenvalue weighted by Gasteiger charge is 2.41. The van der Waals surface area contributed by atoms with E-state index in [-0.39, 0.29) is 5.92 Å². The van der Waals surface area contributed by atoms with E-state index in [1.165, 1.54) is 6.92 Å². The molecule has 0 saturated heterocycles. The summed E-state index contributed by atoms with van der Waals surface area (Å²) in [5.41, 5.74) is 0. The molecule has 1 atom stereocenters. The van der Waals surface area contributed by atoms with Crippen LogP contribution in [0.4, 0.5) is 13.2 Å². The van der Waals surface area contributed by atoms with E-state index in [9.17, 15) is 13.2 Å². The van der Waals surface area contributed by atoms with E-state index in [4.69, 9.17) is 0 Å². The summed E-state index contributed by atoms with van der Waals surface area (Å²) >= 11 is 0. The first kappa shape index (κ1) is 8.88. The zero-order valence-corrected chi connectivity index (χ0v) is 6.62. The average molecular weight is 166 g/mol. The fourth-order valence-electron chi connectivity index (χ4n) is 1.72. The molecule has 1 rings (SSSR count). The van der Waals surface area contributed by atoms with Crippen molar-refractivity contribution >= 4 is 0 Å². The van der Waals surface area contributed by atoms with Gasteiger partial charge in [-0.3, -0.25) is 0 Å². The van der Waals surface area contributed by atoms with Crippen molar-refractivity contribution in [1.82, 2.24) is 0 Å². The lowest BCUT2D eigenvalue weighted by Crippen LogP contribution is -2.26. The summed E-state index contributed by atoms with van der Waals surface area (Å²) in [6.45, 7) is 1.30. The monoisotopic (exact) mass is 166 g/mol. The van der Waals surface area contributed by atoms with Gasteiger partial charge in [0, 0.05) is 0 Å². The van der Waals surface area contributed by atoms with Crippen LogP contribution in [0, 0.1) is 11.8 Å². The van der Waals surface area contributed by atoms with Gasteiger partial charge in [0.05, 0.1) is 5.92 Å². The molecule has 0 aromatic heterocycles. The normalized spacial score (nSPS) is 24.0. The second-order valence-electron chi connectivity index (χ2n) is 3.37. The molecule has 1 aliphatic rings. The lowest BCUT2D eigenvalue weighted by atomic mass is 9.92. The third kappa shape index (κ3) is 2.11. The molecule has 0 aromatic carbocycles. The summed E-state index contributed by atoms with van der Waals surface area (Å²) in [5.74, 6) is -1.19. The van der Waals surface area contributed by atoms with Gasteiger partial charge < -0.3 is 0 Å². The summed E-state index contributed by atoms with van der Waals surface area (Å²) in [6, 6.07) is 0. The van der Waals surface area contributed by atoms with Gasteiger partial charge in [-0.1, -0.05) is 19.8 Å². The predicted octanol–water partition coefficient (Wildman–Crippen LogP) is 3.38. The van der Waals surface area contributed by atoms with Gasteiger partial charge in [-0.25, -0.2) is 0 Å². The van der Waals surface area contributed by atoms with E-state index in [1.807, 2.05) is 0 Å². The maximum Gasteiger partial charge on any atom is 0.391 e. The smallest absolute Gasteiger partial charge is 0.171 e. The highest BCUT2D eigenvalue weighted by Crippen LogP contribution is 2.39. The number of halogens is 3. The highest BCUT2D eigenvalue weighted by atomic mass is 19.4. The minimum atomic E-state index is -3.98. The molecular weight excluding hydrogens is 153 g/mol. The molecule has 1 aliphatic carbocycles. The predicted molar refractivity (Wildman–Crippen MR) is 37.2 cm³/mol. The van der Waals surface area contributed by atoms with Crippen molar-refractivity contribution in [3.63, 3.8) is 0 Å². The summed E-state index contributed by atoms with van der Waals surface area (Å²) in [4.78, 5) is 0. The lowest BCUT2D eigenvalue weighted by molar-refractivity contribution is -0.182. The van der Waals surface area contributed by atoms with Crippen molar-refractivity contribution in [2.45, 2.75) is 38.8 Å². The Morgan fingerprint density at radius 1 is 1.18 bits per heavy atom. The Balaban J connectivity index is 2.46. The van der Waals surface area contributed by atoms with Crippen molar-refractivity contribution in [1.29, 1.82) is 0 Å². The minimum absolute atomic E-state index is 0.102. The van der Waals surface area contributed by atoms with Gasteiger partial charge in [0.25, 0.3) is 0 Å². The van der Waals surface area contributed by atoms with Crippen LogP contribution >= 0.6 is 0 Å². The molecule has 0 amide bonds. The Morgan fingerprint density at radius 3 is 2.00 bits per heavy atom. The van der Waals surface area contributed by atoms with E-state index in [0.717, 1.165) is 25.7 Å². The van der Waals surface area contributed by atoms with E-state index in [2.05, 4.69) is 0 Å². The van der Waals surface area contributed by atoms with Gasteiger partial charge in [0.15, 0.2) is 0 Å². The standard InChI is InChI=1S/C8H13F3/c1-6(8(9,10)11)7-4-2-3-5-7/h6-7H,2-5H2,1H3. The SMILES string of the molecule is CC(C1CCCC1)C(F)(F)F. The minimum Gasteiger partial charge on any atom is -0.171 e. The zero-order chi connectivity index (χ0) is 8.48. The van der Waals surface area contributed by atoms with Crippen LogP contribution in [0.2, 0.25) is 0 Å². The van der Waals surface area contributed by atoms with Crippen LogP contribution in [-0.2, 0) is 0 Å².